The molecule has 3 rings (SSSR count). The van der Waals surface area contributed by atoms with Crippen LogP contribution in [0.4, 0.5) is 13.2 Å². The maximum Gasteiger partial charge on any atom is 0.573 e. The summed E-state index contributed by atoms with van der Waals surface area (Å²) in [6.07, 6.45) is -2.21. The van der Waals surface area contributed by atoms with Gasteiger partial charge < -0.3 is 15.2 Å². The summed E-state index contributed by atoms with van der Waals surface area (Å²) in [5, 5.41) is 21.3. The molecule has 170 valence electrons. The number of rotatable bonds is 6. The summed E-state index contributed by atoms with van der Waals surface area (Å²) in [5.74, 6) is -1.03. The average molecular weight is 458 g/mol. The van der Waals surface area contributed by atoms with Crippen LogP contribution in [0.25, 0.3) is 22.6 Å². The van der Waals surface area contributed by atoms with Crippen molar-refractivity contribution in [2.24, 2.45) is 0 Å². The van der Waals surface area contributed by atoms with Crippen molar-refractivity contribution in [3.63, 3.8) is 0 Å². The van der Waals surface area contributed by atoms with E-state index in [0.717, 1.165) is 12.1 Å². The van der Waals surface area contributed by atoms with Gasteiger partial charge in [0.15, 0.2) is 5.82 Å². The van der Waals surface area contributed by atoms with E-state index in [1.54, 1.807) is 6.07 Å². The van der Waals surface area contributed by atoms with Crippen molar-refractivity contribution in [1.29, 1.82) is 5.26 Å². The van der Waals surface area contributed by atoms with Crippen molar-refractivity contribution in [2.45, 2.75) is 25.8 Å². The number of hydrogen-bond donors (Lipinski definition) is 2. The van der Waals surface area contributed by atoms with E-state index in [1.807, 2.05) is 0 Å². The van der Waals surface area contributed by atoms with Gasteiger partial charge in [0.2, 0.25) is 5.82 Å². The van der Waals surface area contributed by atoms with Gasteiger partial charge in [-0.15, -0.1) is 13.2 Å². The zero-order valence-corrected chi connectivity index (χ0v) is 17.4. The predicted octanol–water partition coefficient (Wildman–Crippen LogP) is 2.87. The molecule has 0 aliphatic heterocycles. The second-order valence-corrected chi connectivity index (χ2v) is 7.44. The molecule has 1 amide bonds. The van der Waals surface area contributed by atoms with E-state index in [4.69, 9.17) is 5.26 Å². The monoisotopic (exact) mass is 458 g/mol. The number of nitrogens with one attached hydrogen (secondary N) is 1. The smallest absolute Gasteiger partial charge is 0.406 e. The summed E-state index contributed by atoms with van der Waals surface area (Å²) in [5.41, 5.74) is -0.289. The molecule has 12 heteroatoms. The van der Waals surface area contributed by atoms with Crippen molar-refractivity contribution >= 4 is 5.91 Å². The third kappa shape index (κ3) is 6.68. The van der Waals surface area contributed by atoms with E-state index in [-0.39, 0.29) is 29.6 Å². The fourth-order valence-corrected chi connectivity index (χ4v) is 2.56. The lowest BCUT2D eigenvalue weighted by atomic mass is 10.1. The van der Waals surface area contributed by atoms with Crippen LogP contribution in [-0.4, -0.2) is 49.5 Å². The lowest BCUT2D eigenvalue weighted by molar-refractivity contribution is -0.274. The highest BCUT2D eigenvalue weighted by atomic mass is 19.4. The third-order valence-corrected chi connectivity index (χ3v) is 4.03. The summed E-state index contributed by atoms with van der Waals surface area (Å²) in [7, 11) is 0. The van der Waals surface area contributed by atoms with Crippen LogP contribution in [0.2, 0.25) is 0 Å². The Morgan fingerprint density at radius 3 is 2.30 bits per heavy atom. The lowest BCUT2D eigenvalue weighted by Gasteiger charge is -2.17. The second kappa shape index (κ2) is 9.17. The first-order valence-corrected chi connectivity index (χ1v) is 9.42. The number of aliphatic hydroxyl groups is 1. The Balaban J connectivity index is 2.01. The molecule has 0 atom stereocenters. The molecule has 33 heavy (non-hydrogen) atoms. The topological polar surface area (TPSA) is 134 Å². The van der Waals surface area contributed by atoms with Gasteiger partial charge in [-0.1, -0.05) is 0 Å². The number of hydrogen-bond acceptors (Lipinski definition) is 8. The first-order chi connectivity index (χ1) is 15.4. The van der Waals surface area contributed by atoms with Crippen LogP contribution < -0.4 is 10.1 Å². The summed E-state index contributed by atoms with van der Waals surface area (Å²) in [4.78, 5) is 28.9. The highest BCUT2D eigenvalue weighted by Gasteiger charge is 2.31. The Labute approximate surface area is 185 Å². The molecule has 3 aromatic rings. The first kappa shape index (κ1) is 23.6. The van der Waals surface area contributed by atoms with E-state index in [2.05, 4.69) is 30.0 Å². The molecule has 2 heterocycles. The minimum Gasteiger partial charge on any atom is -0.406 e. The van der Waals surface area contributed by atoms with Crippen LogP contribution in [0.1, 0.15) is 30.2 Å². The second-order valence-electron chi connectivity index (χ2n) is 7.44. The number of carbonyl (C=O) groups excluding carboxylic acids is 1. The molecule has 0 aliphatic rings. The molecule has 2 N–H and O–H groups in total. The average Bonchev–Trinajstić information content (AvgIpc) is 2.76. The highest BCUT2D eigenvalue weighted by molar-refractivity contribution is 5.93. The highest BCUT2D eigenvalue weighted by Crippen LogP contribution is 2.27. The van der Waals surface area contributed by atoms with Crippen LogP contribution >= 0.6 is 0 Å². The molecule has 2 aromatic heterocycles. The maximum absolute atomic E-state index is 12.6. The quantitative estimate of drug-likeness (QED) is 0.576. The molecular weight excluding hydrogens is 441 g/mol. The molecule has 0 saturated heterocycles. The number of aromatic nitrogens is 4. The summed E-state index contributed by atoms with van der Waals surface area (Å²) in [6, 6.07) is 8.06. The van der Waals surface area contributed by atoms with E-state index in [0.29, 0.717) is 11.1 Å². The summed E-state index contributed by atoms with van der Waals surface area (Å²) < 4.78 is 41.1. The largest absolute Gasteiger partial charge is 0.573 e. The summed E-state index contributed by atoms with van der Waals surface area (Å²) >= 11 is 0. The number of benzene rings is 1. The van der Waals surface area contributed by atoms with Crippen molar-refractivity contribution in [2.75, 3.05) is 6.54 Å². The number of carbonyl (C=O) groups is 1. The Hall–Kier alpha value is -4.11. The molecule has 0 fully saturated rings. The van der Waals surface area contributed by atoms with E-state index in [9.17, 15) is 23.1 Å². The number of ether oxygens (including phenoxy) is 1. The van der Waals surface area contributed by atoms with E-state index in [1.165, 1.54) is 44.4 Å². The zero-order valence-electron chi connectivity index (χ0n) is 17.4. The van der Waals surface area contributed by atoms with Crippen LogP contribution in [0.15, 0.2) is 42.7 Å². The molecule has 0 aliphatic carbocycles. The van der Waals surface area contributed by atoms with Gasteiger partial charge >= 0.3 is 6.36 Å². The Bertz CT molecular complexity index is 1180. The fourth-order valence-electron chi connectivity index (χ4n) is 2.56. The van der Waals surface area contributed by atoms with Crippen LogP contribution in [0.3, 0.4) is 0 Å². The molecule has 1 aromatic carbocycles. The van der Waals surface area contributed by atoms with E-state index < -0.39 is 23.6 Å². The molecule has 0 unspecified atom stereocenters. The van der Waals surface area contributed by atoms with Gasteiger partial charge in [-0.25, -0.2) is 19.9 Å². The zero-order chi connectivity index (χ0) is 24.2. The minimum absolute atomic E-state index is 0.0516. The molecular formula is C21H17F3N6O3. The van der Waals surface area contributed by atoms with Crippen LogP contribution in [0.5, 0.6) is 5.75 Å². The predicted molar refractivity (Wildman–Crippen MR) is 109 cm³/mol. The number of nitrogens with zero attached hydrogens (tertiary/aromatic N) is 5. The Kier molecular flexibility index (Phi) is 6.55. The minimum atomic E-state index is -4.83. The Morgan fingerprint density at radius 2 is 1.76 bits per heavy atom. The molecule has 0 bridgehead atoms. The lowest BCUT2D eigenvalue weighted by Crippen LogP contribution is -2.38. The molecule has 9 nitrogen and oxygen atoms in total. The normalized spacial score (nSPS) is 11.5. The van der Waals surface area contributed by atoms with Crippen LogP contribution in [0, 0.1) is 11.3 Å². The van der Waals surface area contributed by atoms with Gasteiger partial charge in [0.05, 0.1) is 16.9 Å². The van der Waals surface area contributed by atoms with Crippen molar-refractivity contribution in [3.8, 4) is 34.5 Å². The molecule has 0 saturated carbocycles. The standard InChI is InChI=1S/C21H17F3N6O3/c1-20(2,32)11-28-19(31)16-7-15(12-3-5-14(6-4-12)33-21(22,23)24)29-18(30-16)13-9-26-17(8-25)27-10-13/h3-7,9-10,32H,11H2,1-2H3,(H,28,31). The van der Waals surface area contributed by atoms with Gasteiger partial charge in [0.1, 0.15) is 17.5 Å². The van der Waals surface area contributed by atoms with Crippen molar-refractivity contribution < 1.29 is 27.8 Å². The maximum atomic E-state index is 12.6. The van der Waals surface area contributed by atoms with Gasteiger partial charge in [0.25, 0.3) is 5.91 Å². The van der Waals surface area contributed by atoms with Gasteiger partial charge in [0, 0.05) is 24.5 Å². The number of halogens is 3. The molecule has 0 radical (unpaired) electrons. The Morgan fingerprint density at radius 1 is 1.12 bits per heavy atom. The number of nitriles is 1. The summed E-state index contributed by atoms with van der Waals surface area (Å²) in [6.45, 7) is 2.98. The third-order valence-electron chi connectivity index (χ3n) is 4.03. The van der Waals surface area contributed by atoms with Gasteiger partial charge in [-0.3, -0.25) is 4.79 Å². The van der Waals surface area contributed by atoms with E-state index >= 15 is 0 Å². The van der Waals surface area contributed by atoms with Crippen LogP contribution in [-0.2, 0) is 0 Å². The van der Waals surface area contributed by atoms with Gasteiger partial charge in [-0.2, -0.15) is 5.26 Å². The first-order valence-electron chi connectivity index (χ1n) is 9.42. The van der Waals surface area contributed by atoms with Gasteiger partial charge in [-0.05, 0) is 44.2 Å². The van der Waals surface area contributed by atoms with Crippen molar-refractivity contribution in [1.82, 2.24) is 25.3 Å². The van der Waals surface area contributed by atoms with Crippen molar-refractivity contribution in [3.05, 3.63) is 54.2 Å². The molecule has 0 spiro atoms. The fraction of sp³-hybridized carbons (Fsp3) is 0.238. The number of alkyl halides is 3. The SMILES string of the molecule is CC(C)(O)CNC(=O)c1cc(-c2ccc(OC(F)(F)F)cc2)nc(-c2cnc(C#N)nc2)n1. The number of amides is 1.